The molecule has 2 heterocycles. The fourth-order valence-corrected chi connectivity index (χ4v) is 3.48. The molecule has 1 amide bonds. The summed E-state index contributed by atoms with van der Waals surface area (Å²) in [5, 5.41) is 3.07. The summed E-state index contributed by atoms with van der Waals surface area (Å²) in [5.74, 6) is -0.0600. The van der Waals surface area contributed by atoms with E-state index >= 15 is 0 Å². The van der Waals surface area contributed by atoms with Crippen LogP contribution in [0, 0.1) is 0 Å². The van der Waals surface area contributed by atoms with Crippen molar-refractivity contribution in [3.05, 3.63) is 89.7 Å². The molecular formula is C23H25N3O2. The number of morpholine rings is 1. The number of carbonyl (C=O) groups excluding carboxylic acids is 1. The normalized spacial score (nSPS) is 14.7. The number of benzene rings is 2. The third-order valence-corrected chi connectivity index (χ3v) is 5.07. The van der Waals surface area contributed by atoms with Crippen molar-refractivity contribution in [2.45, 2.75) is 13.1 Å². The van der Waals surface area contributed by atoms with Crippen molar-refractivity contribution < 1.29 is 9.53 Å². The Kier molecular flexibility index (Phi) is 5.85. The standard InChI is InChI=1S/C23H25N3O2/c27-23(19-8-5-9-22(16-19)26-10-3-4-11-26)24-17-20-6-1-2-7-21(20)18-25-12-14-28-15-13-25/h1-11,16H,12-15,17-18H2,(H,24,27). The molecule has 0 spiro atoms. The molecule has 0 bridgehead atoms. The number of ether oxygens (including phenoxy) is 1. The van der Waals surface area contributed by atoms with Gasteiger partial charge in [-0.05, 0) is 41.5 Å². The zero-order valence-electron chi connectivity index (χ0n) is 15.9. The quantitative estimate of drug-likeness (QED) is 0.719. The number of hydrogen-bond acceptors (Lipinski definition) is 3. The van der Waals surface area contributed by atoms with E-state index in [1.165, 1.54) is 5.56 Å². The molecule has 144 valence electrons. The smallest absolute Gasteiger partial charge is 0.251 e. The Morgan fingerprint density at radius 3 is 2.46 bits per heavy atom. The lowest BCUT2D eigenvalue weighted by Crippen LogP contribution is -2.36. The van der Waals surface area contributed by atoms with Crippen molar-refractivity contribution in [3.63, 3.8) is 0 Å². The maximum Gasteiger partial charge on any atom is 0.251 e. The van der Waals surface area contributed by atoms with Gasteiger partial charge in [0.1, 0.15) is 0 Å². The Labute approximate surface area is 165 Å². The Hall–Kier alpha value is -2.89. The van der Waals surface area contributed by atoms with E-state index < -0.39 is 0 Å². The molecule has 1 N–H and O–H groups in total. The molecule has 4 rings (SSSR count). The highest BCUT2D eigenvalue weighted by Crippen LogP contribution is 2.14. The lowest BCUT2D eigenvalue weighted by atomic mass is 10.1. The van der Waals surface area contributed by atoms with Crippen LogP contribution in [0.2, 0.25) is 0 Å². The number of rotatable bonds is 6. The lowest BCUT2D eigenvalue weighted by molar-refractivity contribution is 0.0340. The second-order valence-corrected chi connectivity index (χ2v) is 6.98. The largest absolute Gasteiger partial charge is 0.379 e. The van der Waals surface area contributed by atoms with E-state index in [1.54, 1.807) is 0 Å². The van der Waals surface area contributed by atoms with E-state index in [4.69, 9.17) is 4.74 Å². The Morgan fingerprint density at radius 2 is 1.68 bits per heavy atom. The molecule has 1 saturated heterocycles. The minimum atomic E-state index is -0.0600. The second-order valence-electron chi connectivity index (χ2n) is 6.98. The van der Waals surface area contributed by atoms with Gasteiger partial charge in [-0.1, -0.05) is 30.3 Å². The molecule has 5 heteroatoms. The maximum atomic E-state index is 12.7. The monoisotopic (exact) mass is 375 g/mol. The average Bonchev–Trinajstić information content (AvgIpc) is 3.29. The summed E-state index contributed by atoms with van der Waals surface area (Å²) in [6, 6.07) is 19.9. The van der Waals surface area contributed by atoms with Gasteiger partial charge in [0, 0.05) is 49.8 Å². The number of nitrogens with one attached hydrogen (secondary N) is 1. The first-order valence-corrected chi connectivity index (χ1v) is 9.68. The minimum absolute atomic E-state index is 0.0600. The van der Waals surface area contributed by atoms with Crippen LogP contribution in [0.3, 0.4) is 0 Å². The minimum Gasteiger partial charge on any atom is -0.379 e. The number of amides is 1. The fourth-order valence-electron chi connectivity index (χ4n) is 3.48. The third-order valence-electron chi connectivity index (χ3n) is 5.07. The molecule has 3 aromatic rings. The van der Waals surface area contributed by atoms with Gasteiger partial charge in [-0.15, -0.1) is 0 Å². The lowest BCUT2D eigenvalue weighted by Gasteiger charge is -2.27. The van der Waals surface area contributed by atoms with Gasteiger partial charge in [0.25, 0.3) is 5.91 Å². The van der Waals surface area contributed by atoms with Crippen molar-refractivity contribution in [1.29, 1.82) is 0 Å². The summed E-state index contributed by atoms with van der Waals surface area (Å²) in [6.07, 6.45) is 3.94. The summed E-state index contributed by atoms with van der Waals surface area (Å²) in [7, 11) is 0. The van der Waals surface area contributed by atoms with Gasteiger partial charge >= 0.3 is 0 Å². The van der Waals surface area contributed by atoms with Crippen LogP contribution in [0.1, 0.15) is 21.5 Å². The predicted molar refractivity (Wildman–Crippen MR) is 109 cm³/mol. The molecule has 1 aliphatic rings. The van der Waals surface area contributed by atoms with E-state index in [0.717, 1.165) is 44.1 Å². The Balaban J connectivity index is 1.42. The van der Waals surface area contributed by atoms with Crippen LogP contribution in [0.15, 0.2) is 73.1 Å². The first-order chi connectivity index (χ1) is 13.8. The van der Waals surface area contributed by atoms with E-state index in [9.17, 15) is 4.79 Å². The van der Waals surface area contributed by atoms with Crippen LogP contribution in [-0.2, 0) is 17.8 Å². The number of nitrogens with zero attached hydrogens (tertiary/aromatic N) is 2. The third kappa shape index (κ3) is 4.50. The summed E-state index contributed by atoms with van der Waals surface area (Å²) >= 11 is 0. The van der Waals surface area contributed by atoms with Gasteiger partial charge in [0.05, 0.1) is 13.2 Å². The molecule has 0 radical (unpaired) electrons. The summed E-state index contributed by atoms with van der Waals surface area (Å²) in [4.78, 5) is 15.1. The van der Waals surface area contributed by atoms with E-state index in [-0.39, 0.29) is 5.91 Å². The highest BCUT2D eigenvalue weighted by molar-refractivity contribution is 5.94. The van der Waals surface area contributed by atoms with Gasteiger partial charge in [-0.2, -0.15) is 0 Å². The predicted octanol–water partition coefficient (Wildman–Crippen LogP) is 3.24. The average molecular weight is 375 g/mol. The van der Waals surface area contributed by atoms with Crippen LogP contribution < -0.4 is 5.32 Å². The van der Waals surface area contributed by atoms with E-state index in [1.807, 2.05) is 59.4 Å². The van der Waals surface area contributed by atoms with Crippen molar-refractivity contribution in [1.82, 2.24) is 14.8 Å². The molecule has 0 aliphatic carbocycles. The molecule has 1 fully saturated rings. The maximum absolute atomic E-state index is 12.7. The Morgan fingerprint density at radius 1 is 0.929 bits per heavy atom. The molecular weight excluding hydrogens is 350 g/mol. The van der Waals surface area contributed by atoms with Gasteiger partial charge in [-0.25, -0.2) is 0 Å². The SMILES string of the molecule is O=C(NCc1ccccc1CN1CCOCC1)c1cccc(-n2cccc2)c1. The summed E-state index contributed by atoms with van der Waals surface area (Å²) in [5.41, 5.74) is 4.05. The zero-order valence-corrected chi connectivity index (χ0v) is 15.9. The van der Waals surface area contributed by atoms with Crippen LogP contribution in [-0.4, -0.2) is 41.7 Å². The van der Waals surface area contributed by atoms with Crippen LogP contribution >= 0.6 is 0 Å². The fraction of sp³-hybridized carbons (Fsp3) is 0.261. The molecule has 0 unspecified atom stereocenters. The molecule has 0 saturated carbocycles. The summed E-state index contributed by atoms with van der Waals surface area (Å²) < 4.78 is 7.43. The Bertz CT molecular complexity index is 915. The van der Waals surface area contributed by atoms with Gasteiger partial charge in [0.2, 0.25) is 0 Å². The molecule has 1 aliphatic heterocycles. The first-order valence-electron chi connectivity index (χ1n) is 9.68. The molecule has 0 atom stereocenters. The first kappa shape index (κ1) is 18.5. The molecule has 28 heavy (non-hydrogen) atoms. The molecule has 1 aromatic heterocycles. The number of hydrogen-bond donors (Lipinski definition) is 1. The van der Waals surface area contributed by atoms with Crippen molar-refractivity contribution in [2.75, 3.05) is 26.3 Å². The topological polar surface area (TPSA) is 46.5 Å². The van der Waals surface area contributed by atoms with Crippen LogP contribution in [0.5, 0.6) is 0 Å². The van der Waals surface area contributed by atoms with Gasteiger partial charge < -0.3 is 14.6 Å². The van der Waals surface area contributed by atoms with Crippen molar-refractivity contribution in [2.24, 2.45) is 0 Å². The van der Waals surface area contributed by atoms with Crippen molar-refractivity contribution >= 4 is 5.91 Å². The van der Waals surface area contributed by atoms with Gasteiger partial charge in [-0.3, -0.25) is 9.69 Å². The van der Waals surface area contributed by atoms with Crippen LogP contribution in [0.25, 0.3) is 5.69 Å². The molecule has 2 aromatic carbocycles. The van der Waals surface area contributed by atoms with E-state index in [0.29, 0.717) is 12.1 Å². The molecule has 5 nitrogen and oxygen atoms in total. The second kappa shape index (κ2) is 8.87. The van der Waals surface area contributed by atoms with Crippen molar-refractivity contribution in [3.8, 4) is 5.69 Å². The number of aromatic nitrogens is 1. The van der Waals surface area contributed by atoms with Crippen LogP contribution in [0.4, 0.5) is 0 Å². The summed E-state index contributed by atoms with van der Waals surface area (Å²) in [6.45, 7) is 4.89. The van der Waals surface area contributed by atoms with E-state index in [2.05, 4.69) is 28.4 Å². The highest BCUT2D eigenvalue weighted by Gasteiger charge is 2.13. The highest BCUT2D eigenvalue weighted by atomic mass is 16.5. The number of carbonyl (C=O) groups is 1. The van der Waals surface area contributed by atoms with Gasteiger partial charge in [0.15, 0.2) is 0 Å². The zero-order chi connectivity index (χ0) is 19.2.